The summed E-state index contributed by atoms with van der Waals surface area (Å²) in [5.41, 5.74) is 0.777. The molecule has 0 radical (unpaired) electrons. The second-order valence-electron chi connectivity index (χ2n) is 2.42. The fourth-order valence-corrected chi connectivity index (χ4v) is 1.43. The van der Waals surface area contributed by atoms with E-state index in [4.69, 9.17) is 23.2 Å². The maximum Gasteiger partial charge on any atom is 0.229 e. The van der Waals surface area contributed by atoms with Gasteiger partial charge in [0.1, 0.15) is 6.33 Å². The van der Waals surface area contributed by atoms with Crippen molar-refractivity contribution in [1.82, 2.24) is 14.8 Å². The van der Waals surface area contributed by atoms with E-state index in [0.717, 1.165) is 5.69 Å². The van der Waals surface area contributed by atoms with Crippen LogP contribution >= 0.6 is 23.2 Å². The number of hydrogen-bond acceptors (Lipinski definition) is 2. The van der Waals surface area contributed by atoms with Crippen LogP contribution in [0, 0.1) is 0 Å². The van der Waals surface area contributed by atoms with E-state index in [9.17, 15) is 0 Å². The van der Waals surface area contributed by atoms with Gasteiger partial charge in [-0.3, -0.25) is 4.57 Å². The first-order valence-electron chi connectivity index (χ1n) is 3.59. The second-order valence-corrected chi connectivity index (χ2v) is 3.17. The molecule has 3 nitrogen and oxygen atoms in total. The largest absolute Gasteiger partial charge is 0.271 e. The van der Waals surface area contributed by atoms with Crippen molar-refractivity contribution in [3.05, 3.63) is 40.9 Å². The Morgan fingerprint density at radius 1 is 1.15 bits per heavy atom. The highest BCUT2D eigenvalue weighted by atomic mass is 35.5. The summed E-state index contributed by atoms with van der Waals surface area (Å²) in [6.45, 7) is 0. The maximum atomic E-state index is 5.95. The fourth-order valence-electron chi connectivity index (χ4n) is 1.03. The van der Waals surface area contributed by atoms with Gasteiger partial charge in [-0.1, -0.05) is 23.7 Å². The van der Waals surface area contributed by atoms with Crippen LogP contribution in [0.1, 0.15) is 0 Å². The molecule has 0 amide bonds. The summed E-state index contributed by atoms with van der Waals surface area (Å²) in [6.07, 6.45) is 1.52. The number of benzene rings is 1. The number of rotatable bonds is 1. The van der Waals surface area contributed by atoms with Gasteiger partial charge >= 0.3 is 0 Å². The molecule has 66 valence electrons. The first kappa shape index (κ1) is 8.53. The van der Waals surface area contributed by atoms with Crippen LogP contribution in [0.15, 0.2) is 30.6 Å². The zero-order valence-electron chi connectivity index (χ0n) is 6.48. The average Bonchev–Trinajstić information content (AvgIpc) is 2.52. The number of aromatic nitrogens is 3. The summed E-state index contributed by atoms with van der Waals surface area (Å²) < 4.78 is 1.61. The summed E-state index contributed by atoms with van der Waals surface area (Å²) in [4.78, 5) is 0. The molecular weight excluding hydrogens is 209 g/mol. The summed E-state index contributed by atoms with van der Waals surface area (Å²) in [6, 6.07) is 7.35. The first-order valence-corrected chi connectivity index (χ1v) is 4.35. The molecule has 0 aliphatic rings. The molecule has 1 aromatic carbocycles. The molecule has 0 spiro atoms. The Balaban J connectivity index is 2.59. The summed E-state index contributed by atoms with van der Waals surface area (Å²) in [5, 5.41) is 8.23. The minimum absolute atomic E-state index is 0.299. The van der Waals surface area contributed by atoms with Crippen molar-refractivity contribution in [3.8, 4) is 5.69 Å². The van der Waals surface area contributed by atoms with Crippen molar-refractivity contribution in [2.24, 2.45) is 0 Å². The molecular formula is C8H5Cl2N3. The third kappa shape index (κ3) is 1.53. The highest BCUT2D eigenvalue weighted by Gasteiger charge is 2.05. The highest BCUT2D eigenvalue weighted by molar-refractivity contribution is 6.33. The van der Waals surface area contributed by atoms with Crippen molar-refractivity contribution < 1.29 is 0 Å². The van der Waals surface area contributed by atoms with Crippen LogP contribution in [-0.4, -0.2) is 14.8 Å². The Labute approximate surface area is 84.9 Å². The lowest BCUT2D eigenvalue weighted by Crippen LogP contribution is -1.92. The summed E-state index contributed by atoms with van der Waals surface area (Å²) >= 11 is 11.7. The molecule has 0 saturated heterocycles. The SMILES string of the molecule is Clc1ccccc1-n1cnnc1Cl. The van der Waals surface area contributed by atoms with Gasteiger partial charge in [-0.2, -0.15) is 0 Å². The quantitative estimate of drug-likeness (QED) is 0.730. The summed E-state index contributed by atoms with van der Waals surface area (Å²) in [5.74, 6) is 0. The minimum atomic E-state index is 0.299. The Morgan fingerprint density at radius 3 is 2.54 bits per heavy atom. The van der Waals surface area contributed by atoms with E-state index in [2.05, 4.69) is 10.2 Å². The third-order valence-corrected chi connectivity index (χ3v) is 2.20. The van der Waals surface area contributed by atoms with Crippen LogP contribution in [0.2, 0.25) is 10.3 Å². The molecule has 0 fully saturated rings. The molecule has 0 N–H and O–H groups in total. The fraction of sp³-hybridized carbons (Fsp3) is 0. The average molecular weight is 214 g/mol. The predicted octanol–water partition coefficient (Wildman–Crippen LogP) is 2.57. The smallest absolute Gasteiger partial charge is 0.229 e. The van der Waals surface area contributed by atoms with Gasteiger partial charge in [0.15, 0.2) is 0 Å². The molecule has 1 aromatic heterocycles. The summed E-state index contributed by atoms with van der Waals surface area (Å²) in [7, 11) is 0. The van der Waals surface area contributed by atoms with Crippen LogP contribution in [0.4, 0.5) is 0 Å². The lowest BCUT2D eigenvalue weighted by atomic mass is 10.3. The van der Waals surface area contributed by atoms with Crippen molar-refractivity contribution in [2.45, 2.75) is 0 Å². The van der Waals surface area contributed by atoms with Crippen LogP contribution in [-0.2, 0) is 0 Å². The molecule has 5 heteroatoms. The van der Waals surface area contributed by atoms with Crippen LogP contribution in [0.25, 0.3) is 5.69 Å². The van der Waals surface area contributed by atoms with E-state index in [0.29, 0.717) is 10.3 Å². The third-order valence-electron chi connectivity index (χ3n) is 1.62. The molecule has 0 aliphatic heterocycles. The zero-order chi connectivity index (χ0) is 9.26. The number of nitrogens with zero attached hydrogens (tertiary/aromatic N) is 3. The van der Waals surface area contributed by atoms with Crippen LogP contribution < -0.4 is 0 Å². The second kappa shape index (κ2) is 3.36. The Bertz CT molecular complexity index is 425. The maximum absolute atomic E-state index is 5.95. The lowest BCUT2D eigenvalue weighted by Gasteiger charge is -2.03. The van der Waals surface area contributed by atoms with Gasteiger partial charge in [-0.05, 0) is 23.7 Å². The van der Waals surface area contributed by atoms with Gasteiger partial charge in [0.2, 0.25) is 5.28 Å². The monoisotopic (exact) mass is 213 g/mol. The number of para-hydroxylation sites is 1. The van der Waals surface area contributed by atoms with Gasteiger partial charge in [-0.25, -0.2) is 0 Å². The number of hydrogen-bond donors (Lipinski definition) is 0. The van der Waals surface area contributed by atoms with Gasteiger partial charge in [0.25, 0.3) is 0 Å². The Kier molecular flexibility index (Phi) is 2.20. The number of halogens is 2. The van der Waals surface area contributed by atoms with Crippen molar-refractivity contribution in [2.75, 3.05) is 0 Å². The van der Waals surface area contributed by atoms with Crippen LogP contribution in [0.5, 0.6) is 0 Å². The standard InChI is InChI=1S/C8H5Cl2N3/c9-6-3-1-2-4-7(6)13-5-11-12-8(13)10/h1-5H. The highest BCUT2D eigenvalue weighted by Crippen LogP contribution is 2.21. The van der Waals surface area contributed by atoms with Crippen molar-refractivity contribution >= 4 is 23.2 Å². The molecule has 2 aromatic rings. The topological polar surface area (TPSA) is 30.7 Å². The van der Waals surface area contributed by atoms with Gasteiger partial charge in [0.05, 0.1) is 10.7 Å². The molecule has 2 rings (SSSR count). The Hall–Kier alpha value is -1.06. The van der Waals surface area contributed by atoms with Gasteiger partial charge < -0.3 is 0 Å². The molecule has 13 heavy (non-hydrogen) atoms. The first-order chi connectivity index (χ1) is 6.29. The van der Waals surface area contributed by atoms with Crippen LogP contribution in [0.3, 0.4) is 0 Å². The van der Waals surface area contributed by atoms with E-state index in [-0.39, 0.29) is 0 Å². The molecule has 0 saturated carbocycles. The minimum Gasteiger partial charge on any atom is -0.271 e. The predicted molar refractivity (Wildman–Crippen MR) is 51.4 cm³/mol. The molecule has 1 heterocycles. The molecule has 0 bridgehead atoms. The van der Waals surface area contributed by atoms with E-state index < -0.39 is 0 Å². The molecule has 0 atom stereocenters. The molecule has 0 aliphatic carbocycles. The van der Waals surface area contributed by atoms with Crippen molar-refractivity contribution in [1.29, 1.82) is 0 Å². The van der Waals surface area contributed by atoms with E-state index in [1.807, 2.05) is 18.2 Å². The van der Waals surface area contributed by atoms with E-state index in [1.54, 1.807) is 10.6 Å². The van der Waals surface area contributed by atoms with Crippen molar-refractivity contribution in [3.63, 3.8) is 0 Å². The zero-order valence-corrected chi connectivity index (χ0v) is 8.00. The van der Waals surface area contributed by atoms with Gasteiger partial charge in [-0.15, -0.1) is 10.2 Å². The Morgan fingerprint density at radius 2 is 1.92 bits per heavy atom. The lowest BCUT2D eigenvalue weighted by molar-refractivity contribution is 1.06. The molecule has 0 unspecified atom stereocenters. The van der Waals surface area contributed by atoms with Gasteiger partial charge in [0, 0.05) is 0 Å². The van der Waals surface area contributed by atoms with E-state index >= 15 is 0 Å². The van der Waals surface area contributed by atoms with E-state index in [1.165, 1.54) is 6.33 Å². The normalized spacial score (nSPS) is 10.3.